The number of pyridine rings is 1. The predicted octanol–water partition coefficient (Wildman–Crippen LogP) is 3.90. The van der Waals surface area contributed by atoms with Gasteiger partial charge in [-0.3, -0.25) is 9.78 Å². The number of nitrogens with one attached hydrogen (secondary N) is 1. The molecule has 1 amide bonds. The minimum Gasteiger partial charge on any atom is -0.497 e. The SMILES string of the molecule is COc1ccc(/C=C/C(=O)Nc2ccnc3ccccc23)cc1. The van der Waals surface area contributed by atoms with Crippen LogP contribution in [0.4, 0.5) is 5.69 Å². The highest BCUT2D eigenvalue weighted by Gasteiger charge is 2.03. The number of benzene rings is 2. The van der Waals surface area contributed by atoms with Crippen LogP contribution in [0.5, 0.6) is 5.75 Å². The van der Waals surface area contributed by atoms with E-state index in [-0.39, 0.29) is 5.91 Å². The lowest BCUT2D eigenvalue weighted by atomic mass is 10.2. The minimum atomic E-state index is -0.183. The van der Waals surface area contributed by atoms with Gasteiger partial charge in [-0.15, -0.1) is 0 Å². The van der Waals surface area contributed by atoms with Crippen LogP contribution in [-0.4, -0.2) is 18.0 Å². The zero-order valence-corrected chi connectivity index (χ0v) is 12.7. The first-order valence-electron chi connectivity index (χ1n) is 7.23. The quantitative estimate of drug-likeness (QED) is 0.744. The number of methoxy groups -OCH3 is 1. The second kappa shape index (κ2) is 6.75. The molecule has 4 heteroatoms. The van der Waals surface area contributed by atoms with Crippen LogP contribution in [0.25, 0.3) is 17.0 Å². The average molecular weight is 304 g/mol. The molecule has 4 nitrogen and oxygen atoms in total. The van der Waals surface area contributed by atoms with Crippen molar-refractivity contribution in [3.05, 3.63) is 72.4 Å². The standard InChI is InChI=1S/C19H16N2O2/c1-23-15-9-6-14(7-10-15)8-11-19(22)21-18-12-13-20-17-5-3-2-4-16(17)18/h2-13H,1H3,(H,20,21,22)/b11-8+. The van der Waals surface area contributed by atoms with E-state index < -0.39 is 0 Å². The lowest BCUT2D eigenvalue weighted by Gasteiger charge is -2.06. The third kappa shape index (κ3) is 3.55. The van der Waals surface area contributed by atoms with Crippen molar-refractivity contribution in [1.29, 1.82) is 0 Å². The zero-order valence-electron chi connectivity index (χ0n) is 12.7. The molecule has 114 valence electrons. The third-order valence-electron chi connectivity index (χ3n) is 3.45. The van der Waals surface area contributed by atoms with Crippen molar-refractivity contribution in [3.8, 4) is 5.75 Å². The molecule has 0 saturated carbocycles. The fourth-order valence-corrected chi connectivity index (χ4v) is 2.27. The summed E-state index contributed by atoms with van der Waals surface area (Å²) >= 11 is 0. The van der Waals surface area contributed by atoms with Crippen molar-refractivity contribution >= 4 is 28.6 Å². The minimum absolute atomic E-state index is 0.183. The molecular formula is C19H16N2O2. The molecule has 0 aliphatic rings. The van der Waals surface area contributed by atoms with Crippen molar-refractivity contribution in [2.75, 3.05) is 12.4 Å². The Kier molecular flexibility index (Phi) is 4.34. The Bertz CT molecular complexity index is 849. The number of nitrogens with zero attached hydrogens (tertiary/aromatic N) is 1. The summed E-state index contributed by atoms with van der Waals surface area (Å²) in [6.07, 6.45) is 4.96. The smallest absolute Gasteiger partial charge is 0.248 e. The van der Waals surface area contributed by atoms with Gasteiger partial charge >= 0.3 is 0 Å². The molecule has 1 aromatic heterocycles. The fraction of sp³-hybridized carbons (Fsp3) is 0.0526. The number of carbonyl (C=O) groups excluding carboxylic acids is 1. The summed E-state index contributed by atoms with van der Waals surface area (Å²) in [6.45, 7) is 0. The maximum atomic E-state index is 12.1. The van der Waals surface area contributed by atoms with Gasteiger partial charge in [-0.25, -0.2) is 0 Å². The lowest BCUT2D eigenvalue weighted by molar-refractivity contribution is -0.111. The van der Waals surface area contributed by atoms with Crippen molar-refractivity contribution in [3.63, 3.8) is 0 Å². The van der Waals surface area contributed by atoms with Crippen LogP contribution in [0.3, 0.4) is 0 Å². The molecule has 0 atom stereocenters. The summed E-state index contributed by atoms with van der Waals surface area (Å²) in [5, 5.41) is 3.81. The molecule has 0 aliphatic heterocycles. The molecule has 0 unspecified atom stereocenters. The Morgan fingerprint density at radius 3 is 2.65 bits per heavy atom. The first-order valence-corrected chi connectivity index (χ1v) is 7.23. The molecule has 0 radical (unpaired) electrons. The number of aromatic nitrogens is 1. The number of hydrogen-bond donors (Lipinski definition) is 1. The van der Waals surface area contributed by atoms with E-state index >= 15 is 0 Å². The van der Waals surface area contributed by atoms with E-state index in [4.69, 9.17) is 4.74 Å². The Morgan fingerprint density at radius 1 is 1.09 bits per heavy atom. The molecule has 1 N–H and O–H groups in total. The van der Waals surface area contributed by atoms with Crippen LogP contribution >= 0.6 is 0 Å². The monoisotopic (exact) mass is 304 g/mol. The molecule has 2 aromatic carbocycles. The summed E-state index contributed by atoms with van der Waals surface area (Å²) in [5.74, 6) is 0.604. The van der Waals surface area contributed by atoms with Gasteiger partial charge in [0.15, 0.2) is 0 Å². The van der Waals surface area contributed by atoms with E-state index in [0.717, 1.165) is 27.9 Å². The van der Waals surface area contributed by atoms with Gasteiger partial charge in [0.05, 0.1) is 18.3 Å². The number of amides is 1. The van der Waals surface area contributed by atoms with Gasteiger partial charge in [-0.05, 0) is 35.9 Å². The predicted molar refractivity (Wildman–Crippen MR) is 92.4 cm³/mol. The Labute approximate surface area is 134 Å². The number of ether oxygens (including phenoxy) is 1. The topological polar surface area (TPSA) is 51.2 Å². The number of fused-ring (bicyclic) bond motifs is 1. The van der Waals surface area contributed by atoms with Gasteiger partial charge in [0, 0.05) is 17.7 Å². The second-order valence-corrected chi connectivity index (χ2v) is 4.97. The molecule has 0 fully saturated rings. The summed E-state index contributed by atoms with van der Waals surface area (Å²) in [7, 11) is 1.62. The van der Waals surface area contributed by atoms with Crippen LogP contribution in [-0.2, 0) is 4.79 Å². The average Bonchev–Trinajstić information content (AvgIpc) is 2.61. The molecule has 3 aromatic rings. The highest BCUT2D eigenvalue weighted by Crippen LogP contribution is 2.21. The van der Waals surface area contributed by atoms with Crippen molar-refractivity contribution in [1.82, 2.24) is 4.98 Å². The molecule has 0 saturated heterocycles. The van der Waals surface area contributed by atoms with E-state index in [0.29, 0.717) is 0 Å². The van der Waals surface area contributed by atoms with E-state index in [1.165, 1.54) is 6.08 Å². The van der Waals surface area contributed by atoms with Gasteiger partial charge in [0.2, 0.25) is 5.91 Å². The summed E-state index contributed by atoms with van der Waals surface area (Å²) in [4.78, 5) is 16.4. The van der Waals surface area contributed by atoms with Crippen LogP contribution in [0.15, 0.2) is 66.9 Å². The highest BCUT2D eigenvalue weighted by molar-refractivity contribution is 6.06. The van der Waals surface area contributed by atoms with E-state index in [1.807, 2.05) is 48.5 Å². The molecule has 3 rings (SSSR count). The number of anilines is 1. The van der Waals surface area contributed by atoms with Gasteiger partial charge in [0.1, 0.15) is 5.75 Å². The second-order valence-electron chi connectivity index (χ2n) is 4.97. The van der Waals surface area contributed by atoms with E-state index in [9.17, 15) is 4.79 Å². The summed E-state index contributed by atoms with van der Waals surface area (Å²) < 4.78 is 5.11. The van der Waals surface area contributed by atoms with Crippen LogP contribution in [0, 0.1) is 0 Å². The Balaban J connectivity index is 1.74. The molecular weight excluding hydrogens is 288 g/mol. The van der Waals surface area contributed by atoms with Crippen molar-refractivity contribution in [2.24, 2.45) is 0 Å². The zero-order chi connectivity index (χ0) is 16.1. The maximum absolute atomic E-state index is 12.1. The highest BCUT2D eigenvalue weighted by atomic mass is 16.5. The van der Waals surface area contributed by atoms with Gasteiger partial charge < -0.3 is 10.1 Å². The molecule has 0 spiro atoms. The number of hydrogen-bond acceptors (Lipinski definition) is 3. The molecule has 1 heterocycles. The van der Waals surface area contributed by atoms with Crippen molar-refractivity contribution < 1.29 is 9.53 Å². The number of para-hydroxylation sites is 1. The first-order chi connectivity index (χ1) is 11.3. The van der Waals surface area contributed by atoms with E-state index in [2.05, 4.69) is 10.3 Å². The van der Waals surface area contributed by atoms with E-state index in [1.54, 1.807) is 25.4 Å². The van der Waals surface area contributed by atoms with Crippen LogP contribution in [0.2, 0.25) is 0 Å². The maximum Gasteiger partial charge on any atom is 0.248 e. The van der Waals surface area contributed by atoms with Gasteiger partial charge in [0.25, 0.3) is 0 Å². The largest absolute Gasteiger partial charge is 0.497 e. The molecule has 0 aliphatic carbocycles. The van der Waals surface area contributed by atoms with Gasteiger partial charge in [-0.1, -0.05) is 30.3 Å². The normalized spacial score (nSPS) is 10.8. The third-order valence-corrected chi connectivity index (χ3v) is 3.45. The summed E-state index contributed by atoms with van der Waals surface area (Å²) in [5.41, 5.74) is 2.53. The number of rotatable bonds is 4. The van der Waals surface area contributed by atoms with Crippen LogP contribution < -0.4 is 10.1 Å². The van der Waals surface area contributed by atoms with Gasteiger partial charge in [-0.2, -0.15) is 0 Å². The molecule has 0 bridgehead atoms. The number of carbonyl (C=O) groups is 1. The lowest BCUT2D eigenvalue weighted by Crippen LogP contribution is -2.08. The fourth-order valence-electron chi connectivity index (χ4n) is 2.27. The van der Waals surface area contributed by atoms with Crippen molar-refractivity contribution in [2.45, 2.75) is 0 Å². The Morgan fingerprint density at radius 2 is 1.87 bits per heavy atom. The summed E-state index contributed by atoms with van der Waals surface area (Å²) in [6, 6.07) is 17.0. The molecule has 23 heavy (non-hydrogen) atoms. The Hall–Kier alpha value is -3.14. The first kappa shape index (κ1) is 14.8. The van der Waals surface area contributed by atoms with Crippen LogP contribution in [0.1, 0.15) is 5.56 Å².